The number of carboxylic acids is 1. The van der Waals surface area contributed by atoms with Crippen LogP contribution >= 0.6 is 0 Å². The summed E-state index contributed by atoms with van der Waals surface area (Å²) in [6, 6.07) is 11.1. The van der Waals surface area contributed by atoms with Crippen molar-refractivity contribution in [3.05, 3.63) is 60.1 Å². The molecule has 142 valence electrons. The van der Waals surface area contributed by atoms with Crippen molar-refractivity contribution in [3.8, 4) is 0 Å². The Labute approximate surface area is 154 Å². The van der Waals surface area contributed by atoms with Crippen LogP contribution < -0.4 is 16.0 Å². The number of carbonyl (C=O) groups is 4. The van der Waals surface area contributed by atoms with Gasteiger partial charge in [0.2, 0.25) is 11.8 Å². The van der Waals surface area contributed by atoms with Crippen molar-refractivity contribution in [2.75, 3.05) is 13.1 Å². The number of amides is 3. The lowest BCUT2D eigenvalue weighted by Gasteiger charge is -2.18. The van der Waals surface area contributed by atoms with Crippen molar-refractivity contribution in [1.29, 1.82) is 0 Å². The van der Waals surface area contributed by atoms with Crippen molar-refractivity contribution in [2.45, 2.75) is 12.5 Å². The van der Waals surface area contributed by atoms with Crippen LogP contribution in [-0.2, 0) is 20.8 Å². The lowest BCUT2D eigenvalue weighted by Crippen LogP contribution is -2.50. The molecule has 1 aromatic heterocycles. The van der Waals surface area contributed by atoms with Crippen molar-refractivity contribution >= 4 is 23.7 Å². The average Bonchev–Trinajstić information content (AvgIpc) is 3.19. The Kier molecular flexibility index (Phi) is 7.12. The molecule has 9 nitrogen and oxygen atoms in total. The van der Waals surface area contributed by atoms with Crippen LogP contribution in [0.1, 0.15) is 16.1 Å². The van der Waals surface area contributed by atoms with Crippen LogP contribution in [-0.4, -0.2) is 47.9 Å². The summed E-state index contributed by atoms with van der Waals surface area (Å²) < 4.78 is 5.02. The molecular weight excluding hydrogens is 354 g/mol. The van der Waals surface area contributed by atoms with E-state index in [9.17, 15) is 19.2 Å². The van der Waals surface area contributed by atoms with Crippen LogP contribution in [0.15, 0.2) is 53.1 Å². The molecule has 0 fully saturated rings. The zero-order valence-corrected chi connectivity index (χ0v) is 14.3. The van der Waals surface area contributed by atoms with Gasteiger partial charge in [-0.3, -0.25) is 19.2 Å². The van der Waals surface area contributed by atoms with Gasteiger partial charge in [0, 0.05) is 6.42 Å². The Hall–Kier alpha value is -3.62. The molecule has 0 aliphatic heterocycles. The van der Waals surface area contributed by atoms with Crippen LogP contribution in [0.3, 0.4) is 0 Å². The molecular formula is C18H19N3O6. The van der Waals surface area contributed by atoms with E-state index in [0.29, 0.717) is 0 Å². The van der Waals surface area contributed by atoms with Crippen molar-refractivity contribution in [2.24, 2.45) is 0 Å². The van der Waals surface area contributed by atoms with Crippen molar-refractivity contribution in [3.63, 3.8) is 0 Å². The van der Waals surface area contributed by atoms with Crippen LogP contribution in [0.2, 0.25) is 0 Å². The van der Waals surface area contributed by atoms with E-state index in [1.165, 1.54) is 12.3 Å². The quantitative estimate of drug-likeness (QED) is 0.486. The lowest BCUT2D eigenvalue weighted by atomic mass is 10.1. The largest absolute Gasteiger partial charge is 0.480 e. The zero-order valence-electron chi connectivity index (χ0n) is 14.3. The number of carbonyl (C=O) groups excluding carboxylic acids is 3. The predicted octanol–water partition coefficient (Wildman–Crippen LogP) is -0.0623. The van der Waals surface area contributed by atoms with Crippen LogP contribution in [0.25, 0.3) is 0 Å². The Bertz CT molecular complexity index is 789. The second-order valence-electron chi connectivity index (χ2n) is 5.58. The number of aliphatic carboxylic acids is 1. The molecule has 0 saturated heterocycles. The highest BCUT2D eigenvalue weighted by Crippen LogP contribution is 2.06. The molecule has 0 saturated carbocycles. The van der Waals surface area contributed by atoms with Crippen molar-refractivity contribution in [1.82, 2.24) is 16.0 Å². The third-order valence-electron chi connectivity index (χ3n) is 3.51. The SMILES string of the molecule is O=C(O)CNC(=O)CNC(=O)[C@H](Cc1ccccc1)NC(=O)c1ccco1. The van der Waals surface area contributed by atoms with E-state index in [2.05, 4.69) is 16.0 Å². The maximum absolute atomic E-state index is 12.4. The summed E-state index contributed by atoms with van der Waals surface area (Å²) in [4.78, 5) is 46.6. The van der Waals surface area contributed by atoms with E-state index >= 15 is 0 Å². The van der Waals surface area contributed by atoms with E-state index in [4.69, 9.17) is 9.52 Å². The summed E-state index contributed by atoms with van der Waals surface area (Å²) in [6.07, 6.45) is 1.55. The zero-order chi connectivity index (χ0) is 19.6. The van der Waals surface area contributed by atoms with Crippen LogP contribution in [0.5, 0.6) is 0 Å². The molecule has 3 amide bonds. The second-order valence-corrected chi connectivity index (χ2v) is 5.58. The number of rotatable bonds is 9. The fraction of sp³-hybridized carbons (Fsp3) is 0.222. The minimum absolute atomic E-state index is 0.0556. The summed E-state index contributed by atoms with van der Waals surface area (Å²) in [5.74, 6) is -2.93. The van der Waals surface area contributed by atoms with Gasteiger partial charge in [0.1, 0.15) is 12.6 Å². The van der Waals surface area contributed by atoms with Crippen LogP contribution in [0, 0.1) is 0 Å². The summed E-state index contributed by atoms with van der Waals surface area (Å²) in [7, 11) is 0. The van der Waals surface area contributed by atoms with Gasteiger partial charge in [-0.2, -0.15) is 0 Å². The monoisotopic (exact) mass is 373 g/mol. The maximum atomic E-state index is 12.4. The normalized spacial score (nSPS) is 11.3. The number of hydrogen-bond acceptors (Lipinski definition) is 5. The average molecular weight is 373 g/mol. The third kappa shape index (κ3) is 6.65. The number of nitrogens with one attached hydrogen (secondary N) is 3. The first kappa shape index (κ1) is 19.7. The topological polar surface area (TPSA) is 138 Å². The molecule has 1 atom stereocenters. The van der Waals surface area contributed by atoms with Crippen molar-refractivity contribution < 1.29 is 28.7 Å². The summed E-state index contributed by atoms with van der Waals surface area (Å²) in [6.45, 7) is -0.953. The van der Waals surface area contributed by atoms with Gasteiger partial charge < -0.3 is 25.5 Å². The fourth-order valence-corrected chi connectivity index (χ4v) is 2.22. The molecule has 2 aromatic rings. The Morgan fingerprint density at radius 2 is 1.70 bits per heavy atom. The van der Waals surface area contributed by atoms with Gasteiger partial charge in [0.15, 0.2) is 5.76 Å². The summed E-state index contributed by atoms with van der Waals surface area (Å²) >= 11 is 0. The molecule has 1 aromatic carbocycles. The third-order valence-corrected chi connectivity index (χ3v) is 3.51. The molecule has 0 bridgehead atoms. The Balaban J connectivity index is 1.99. The molecule has 0 radical (unpaired) electrons. The summed E-state index contributed by atoms with van der Waals surface area (Å²) in [5.41, 5.74) is 0.813. The minimum atomic E-state index is -1.19. The molecule has 4 N–H and O–H groups in total. The second kappa shape index (κ2) is 9.76. The van der Waals surface area contributed by atoms with E-state index in [0.717, 1.165) is 5.56 Å². The van der Waals surface area contributed by atoms with Crippen LogP contribution in [0.4, 0.5) is 0 Å². The first-order valence-electron chi connectivity index (χ1n) is 8.10. The van der Waals surface area contributed by atoms with Gasteiger partial charge in [-0.1, -0.05) is 30.3 Å². The van der Waals surface area contributed by atoms with Gasteiger partial charge >= 0.3 is 5.97 Å². The molecule has 0 unspecified atom stereocenters. The molecule has 9 heteroatoms. The van der Waals surface area contributed by atoms with Gasteiger partial charge in [-0.05, 0) is 17.7 Å². The van der Waals surface area contributed by atoms with E-state index in [-0.39, 0.29) is 12.2 Å². The number of furan rings is 1. The Morgan fingerprint density at radius 3 is 2.33 bits per heavy atom. The highest BCUT2D eigenvalue weighted by molar-refractivity contribution is 5.96. The molecule has 0 spiro atoms. The summed E-state index contributed by atoms with van der Waals surface area (Å²) in [5, 5.41) is 15.6. The molecule has 2 rings (SSSR count). The smallest absolute Gasteiger partial charge is 0.322 e. The predicted molar refractivity (Wildman–Crippen MR) is 93.8 cm³/mol. The fourth-order valence-electron chi connectivity index (χ4n) is 2.22. The van der Waals surface area contributed by atoms with E-state index in [1.807, 2.05) is 6.07 Å². The molecule has 0 aliphatic rings. The van der Waals surface area contributed by atoms with Gasteiger partial charge in [0.25, 0.3) is 5.91 Å². The first-order valence-corrected chi connectivity index (χ1v) is 8.10. The molecule has 1 heterocycles. The van der Waals surface area contributed by atoms with E-state index < -0.39 is 42.8 Å². The minimum Gasteiger partial charge on any atom is -0.480 e. The highest BCUT2D eigenvalue weighted by atomic mass is 16.4. The number of hydrogen-bond donors (Lipinski definition) is 4. The number of benzene rings is 1. The lowest BCUT2D eigenvalue weighted by molar-refractivity contribution is -0.137. The van der Waals surface area contributed by atoms with Gasteiger partial charge in [-0.15, -0.1) is 0 Å². The molecule has 0 aliphatic carbocycles. The van der Waals surface area contributed by atoms with Gasteiger partial charge in [-0.25, -0.2) is 0 Å². The first-order chi connectivity index (χ1) is 13.0. The maximum Gasteiger partial charge on any atom is 0.322 e. The number of carboxylic acid groups (broad SMARTS) is 1. The Morgan fingerprint density at radius 1 is 0.963 bits per heavy atom. The highest BCUT2D eigenvalue weighted by Gasteiger charge is 2.23. The standard InChI is InChI=1S/C18H19N3O6/c22-15(19-11-16(23)24)10-20-17(25)13(9-12-5-2-1-3-6-12)21-18(26)14-7-4-8-27-14/h1-8,13H,9-11H2,(H,19,22)(H,20,25)(H,21,26)(H,23,24)/t13-/m0/s1. The van der Waals surface area contributed by atoms with E-state index in [1.54, 1.807) is 30.3 Å². The molecule has 27 heavy (non-hydrogen) atoms. The van der Waals surface area contributed by atoms with Gasteiger partial charge in [0.05, 0.1) is 12.8 Å².